The largest absolute Gasteiger partial charge is 0.234 e. The number of fused-ring (bicyclic) bond motifs is 1. The summed E-state index contributed by atoms with van der Waals surface area (Å²) < 4.78 is 1.73. The zero-order chi connectivity index (χ0) is 13.0. The molecule has 0 aliphatic heterocycles. The van der Waals surface area contributed by atoms with Gasteiger partial charge in [0, 0.05) is 6.20 Å². The molecule has 0 atom stereocenters. The summed E-state index contributed by atoms with van der Waals surface area (Å²) >= 11 is 1.57. The lowest BCUT2D eigenvalue weighted by Crippen LogP contribution is -1.92. The van der Waals surface area contributed by atoms with Crippen LogP contribution in [0, 0.1) is 11.8 Å². The van der Waals surface area contributed by atoms with Crippen LogP contribution in [-0.4, -0.2) is 14.6 Å². The first-order valence-electron chi connectivity index (χ1n) is 5.51. The fourth-order valence-corrected chi connectivity index (χ4v) is 1.98. The topological polar surface area (TPSA) is 30.2 Å². The van der Waals surface area contributed by atoms with E-state index >= 15 is 0 Å². The smallest absolute Gasteiger partial charge is 0.154 e. The van der Waals surface area contributed by atoms with Gasteiger partial charge in [0.15, 0.2) is 5.65 Å². The molecule has 0 saturated carbocycles. The van der Waals surface area contributed by atoms with Crippen LogP contribution in [0.1, 0.15) is 19.5 Å². The van der Waals surface area contributed by atoms with Gasteiger partial charge in [0.2, 0.25) is 0 Å². The maximum absolute atomic E-state index is 4.24. The molecular formula is C14H13N3S. The Morgan fingerprint density at radius 1 is 1.56 bits per heavy atom. The fraction of sp³-hybridized carbons (Fsp3) is 0.143. The van der Waals surface area contributed by atoms with Crippen molar-refractivity contribution in [3.8, 4) is 11.8 Å². The molecular weight excluding hydrogens is 242 g/mol. The third kappa shape index (κ3) is 2.82. The van der Waals surface area contributed by atoms with E-state index in [1.54, 1.807) is 28.7 Å². The minimum Gasteiger partial charge on any atom is -0.234 e. The molecule has 3 nitrogen and oxygen atoms in total. The van der Waals surface area contributed by atoms with E-state index in [0.717, 1.165) is 21.2 Å². The molecule has 90 valence electrons. The molecule has 2 aromatic rings. The fourth-order valence-electron chi connectivity index (χ4n) is 1.38. The molecule has 0 aliphatic carbocycles. The summed E-state index contributed by atoms with van der Waals surface area (Å²) in [6.07, 6.45) is 5.43. The number of allylic oxidation sites excluding steroid dienone is 3. The number of hydrogen-bond acceptors (Lipinski definition) is 3. The van der Waals surface area contributed by atoms with E-state index in [9.17, 15) is 0 Å². The van der Waals surface area contributed by atoms with Crippen LogP contribution in [0.4, 0.5) is 0 Å². The highest BCUT2D eigenvalue weighted by molar-refractivity contribution is 8.06. The van der Waals surface area contributed by atoms with Crippen molar-refractivity contribution in [3.05, 3.63) is 52.7 Å². The van der Waals surface area contributed by atoms with E-state index in [-0.39, 0.29) is 0 Å². The number of aromatic nitrogens is 3. The summed E-state index contributed by atoms with van der Waals surface area (Å²) in [7, 11) is 0. The summed E-state index contributed by atoms with van der Waals surface area (Å²) in [6.45, 7) is 7.79. The Morgan fingerprint density at radius 2 is 2.39 bits per heavy atom. The Labute approximate surface area is 111 Å². The third-order valence-corrected chi connectivity index (χ3v) is 3.04. The van der Waals surface area contributed by atoms with Gasteiger partial charge in [-0.15, -0.1) is 0 Å². The van der Waals surface area contributed by atoms with Gasteiger partial charge in [-0.3, -0.25) is 0 Å². The highest BCUT2D eigenvalue weighted by Gasteiger charge is 2.00. The average Bonchev–Trinajstić information content (AvgIpc) is 2.77. The van der Waals surface area contributed by atoms with Crippen LogP contribution in [0.2, 0.25) is 0 Å². The van der Waals surface area contributed by atoms with Crippen molar-refractivity contribution in [1.82, 2.24) is 14.6 Å². The molecule has 0 N–H and O–H groups in total. The predicted molar refractivity (Wildman–Crippen MR) is 76.0 cm³/mol. The summed E-state index contributed by atoms with van der Waals surface area (Å²) in [4.78, 5) is 6.24. The number of imidazole rings is 1. The summed E-state index contributed by atoms with van der Waals surface area (Å²) in [5.41, 5.74) is 1.59. The predicted octanol–water partition coefficient (Wildman–Crippen LogP) is 3.25. The maximum atomic E-state index is 4.24. The first-order chi connectivity index (χ1) is 8.70. The minimum atomic E-state index is 0.785. The van der Waals surface area contributed by atoms with Crippen molar-refractivity contribution < 1.29 is 0 Å². The number of rotatable bonds is 2. The molecule has 2 heterocycles. The lowest BCUT2D eigenvalue weighted by molar-refractivity contribution is 0.923. The maximum Gasteiger partial charge on any atom is 0.154 e. The van der Waals surface area contributed by atoms with Crippen LogP contribution in [0.5, 0.6) is 0 Å². The zero-order valence-corrected chi connectivity index (χ0v) is 11.2. The van der Waals surface area contributed by atoms with Gasteiger partial charge >= 0.3 is 0 Å². The van der Waals surface area contributed by atoms with Gasteiger partial charge < -0.3 is 0 Å². The van der Waals surface area contributed by atoms with Gasteiger partial charge in [-0.2, -0.15) is 5.10 Å². The standard InChI is InChI=1S/C14H13N3S/c1-4-13(18-11(2)3)8-7-12-10-15-14-6-5-9-16-17(12)14/h4-6,9-10H,2H2,1,3H3. The van der Waals surface area contributed by atoms with Crippen molar-refractivity contribution in [3.63, 3.8) is 0 Å². The molecule has 0 aliphatic rings. The van der Waals surface area contributed by atoms with Crippen LogP contribution in [-0.2, 0) is 0 Å². The van der Waals surface area contributed by atoms with Crippen molar-refractivity contribution >= 4 is 17.4 Å². The van der Waals surface area contributed by atoms with E-state index in [0.29, 0.717) is 0 Å². The highest BCUT2D eigenvalue weighted by atomic mass is 32.2. The highest BCUT2D eigenvalue weighted by Crippen LogP contribution is 2.22. The number of nitrogens with zero attached hydrogens (tertiary/aromatic N) is 3. The molecule has 2 rings (SSSR count). The van der Waals surface area contributed by atoms with E-state index in [1.807, 2.05) is 32.1 Å². The number of hydrogen-bond donors (Lipinski definition) is 0. The average molecular weight is 255 g/mol. The third-order valence-electron chi connectivity index (χ3n) is 2.14. The second kappa shape index (κ2) is 5.56. The molecule has 0 aromatic carbocycles. The summed E-state index contributed by atoms with van der Waals surface area (Å²) in [5.74, 6) is 6.19. The van der Waals surface area contributed by atoms with Crippen LogP contribution in [0.15, 0.2) is 47.0 Å². The Hall–Kier alpha value is -1.99. The molecule has 0 spiro atoms. The van der Waals surface area contributed by atoms with E-state index in [1.165, 1.54) is 0 Å². The molecule has 2 aromatic heterocycles. The van der Waals surface area contributed by atoms with Gasteiger partial charge in [0.05, 0.1) is 11.1 Å². The second-order valence-electron chi connectivity index (χ2n) is 3.64. The van der Waals surface area contributed by atoms with Crippen LogP contribution >= 0.6 is 11.8 Å². The van der Waals surface area contributed by atoms with Crippen molar-refractivity contribution in [2.24, 2.45) is 0 Å². The van der Waals surface area contributed by atoms with Gasteiger partial charge in [0.25, 0.3) is 0 Å². The Kier molecular flexibility index (Phi) is 3.85. The summed E-state index contributed by atoms with van der Waals surface area (Å²) in [6, 6.07) is 3.76. The Bertz CT molecular complexity index is 671. The first-order valence-corrected chi connectivity index (χ1v) is 6.33. The molecule has 18 heavy (non-hydrogen) atoms. The van der Waals surface area contributed by atoms with Gasteiger partial charge in [-0.1, -0.05) is 30.3 Å². The molecule has 0 bridgehead atoms. The second-order valence-corrected chi connectivity index (χ2v) is 4.98. The monoisotopic (exact) mass is 255 g/mol. The molecule has 0 unspecified atom stereocenters. The van der Waals surface area contributed by atoms with Gasteiger partial charge in [-0.05, 0) is 36.8 Å². The van der Waals surface area contributed by atoms with E-state index < -0.39 is 0 Å². The summed E-state index contributed by atoms with van der Waals surface area (Å²) in [5, 5.41) is 4.21. The normalized spacial score (nSPS) is 11.1. The van der Waals surface area contributed by atoms with Crippen LogP contribution in [0.25, 0.3) is 5.65 Å². The Morgan fingerprint density at radius 3 is 3.11 bits per heavy atom. The van der Waals surface area contributed by atoms with Crippen molar-refractivity contribution in [1.29, 1.82) is 0 Å². The van der Waals surface area contributed by atoms with Crippen molar-refractivity contribution in [2.75, 3.05) is 0 Å². The lowest BCUT2D eigenvalue weighted by atomic mass is 10.4. The quantitative estimate of drug-likeness (QED) is 0.772. The first kappa shape index (κ1) is 12.5. The molecule has 0 fully saturated rings. The van der Waals surface area contributed by atoms with Gasteiger partial charge in [-0.25, -0.2) is 9.50 Å². The molecule has 0 amide bonds. The van der Waals surface area contributed by atoms with Crippen LogP contribution in [0.3, 0.4) is 0 Å². The molecule has 0 saturated heterocycles. The number of thioether (sulfide) groups is 1. The van der Waals surface area contributed by atoms with E-state index in [4.69, 9.17) is 0 Å². The van der Waals surface area contributed by atoms with Gasteiger partial charge in [0.1, 0.15) is 5.69 Å². The minimum absolute atomic E-state index is 0.785. The van der Waals surface area contributed by atoms with Crippen LogP contribution < -0.4 is 0 Å². The van der Waals surface area contributed by atoms with Crippen molar-refractivity contribution in [2.45, 2.75) is 13.8 Å². The zero-order valence-electron chi connectivity index (χ0n) is 10.3. The molecule has 4 heteroatoms. The van der Waals surface area contributed by atoms with E-state index in [2.05, 4.69) is 28.5 Å². The lowest BCUT2D eigenvalue weighted by Gasteiger charge is -1.96. The Balaban J connectivity index is 2.32. The SMILES string of the molecule is C=C(C)SC(C#Cc1cnc2cccnn12)=CC. The molecule has 0 radical (unpaired) electrons.